The van der Waals surface area contributed by atoms with Gasteiger partial charge >= 0.3 is 0 Å². The van der Waals surface area contributed by atoms with Crippen molar-refractivity contribution in [3.8, 4) is 17.4 Å². The standard InChI is InChI=1S/C19H17N3O3/c1-14-4-2-3-5-17(14)24-13-18(23)22-15-6-8-16(9-7-15)25-19-12-20-10-11-21-19/h2-12H,13H2,1H3,(H,22,23). The Morgan fingerprint density at radius 1 is 1.08 bits per heavy atom. The van der Waals surface area contributed by atoms with Crippen LogP contribution < -0.4 is 14.8 Å². The summed E-state index contributed by atoms with van der Waals surface area (Å²) in [6.45, 7) is 1.88. The molecule has 0 aliphatic carbocycles. The Kier molecular flexibility index (Phi) is 5.21. The van der Waals surface area contributed by atoms with E-state index in [4.69, 9.17) is 9.47 Å². The highest BCUT2D eigenvalue weighted by atomic mass is 16.5. The highest BCUT2D eigenvalue weighted by molar-refractivity contribution is 5.91. The maximum absolute atomic E-state index is 12.0. The lowest BCUT2D eigenvalue weighted by atomic mass is 10.2. The zero-order chi connectivity index (χ0) is 17.5. The van der Waals surface area contributed by atoms with E-state index in [1.165, 1.54) is 6.20 Å². The van der Waals surface area contributed by atoms with Gasteiger partial charge in [0.05, 0.1) is 6.20 Å². The summed E-state index contributed by atoms with van der Waals surface area (Å²) in [5.41, 5.74) is 1.64. The molecule has 0 bridgehead atoms. The summed E-state index contributed by atoms with van der Waals surface area (Å²) in [4.78, 5) is 20.0. The lowest BCUT2D eigenvalue weighted by Crippen LogP contribution is -2.20. The number of para-hydroxylation sites is 1. The largest absolute Gasteiger partial charge is 0.483 e. The number of nitrogens with one attached hydrogen (secondary N) is 1. The van der Waals surface area contributed by atoms with E-state index < -0.39 is 0 Å². The highest BCUT2D eigenvalue weighted by Gasteiger charge is 2.06. The number of carbonyl (C=O) groups excluding carboxylic acids is 1. The first kappa shape index (κ1) is 16.4. The average Bonchev–Trinajstić information content (AvgIpc) is 2.64. The van der Waals surface area contributed by atoms with Crippen LogP contribution in [0.15, 0.2) is 67.1 Å². The van der Waals surface area contributed by atoms with Crippen molar-refractivity contribution in [1.29, 1.82) is 0 Å². The molecule has 25 heavy (non-hydrogen) atoms. The molecule has 0 atom stereocenters. The lowest BCUT2D eigenvalue weighted by Gasteiger charge is -2.10. The van der Waals surface area contributed by atoms with Gasteiger partial charge in [-0.1, -0.05) is 18.2 Å². The molecule has 0 radical (unpaired) electrons. The number of benzene rings is 2. The second-order valence-corrected chi connectivity index (χ2v) is 5.27. The summed E-state index contributed by atoms with van der Waals surface area (Å²) in [7, 11) is 0. The Morgan fingerprint density at radius 3 is 2.60 bits per heavy atom. The van der Waals surface area contributed by atoms with Gasteiger partial charge in [-0.2, -0.15) is 0 Å². The average molecular weight is 335 g/mol. The number of amides is 1. The molecule has 1 N–H and O–H groups in total. The summed E-state index contributed by atoms with van der Waals surface area (Å²) >= 11 is 0. The van der Waals surface area contributed by atoms with Gasteiger partial charge in [-0.05, 0) is 42.8 Å². The molecular formula is C19H17N3O3. The van der Waals surface area contributed by atoms with E-state index in [0.717, 1.165) is 5.56 Å². The number of ether oxygens (including phenoxy) is 2. The van der Waals surface area contributed by atoms with Gasteiger partial charge in [0.15, 0.2) is 6.61 Å². The van der Waals surface area contributed by atoms with E-state index in [0.29, 0.717) is 23.1 Å². The van der Waals surface area contributed by atoms with E-state index in [1.807, 2.05) is 31.2 Å². The van der Waals surface area contributed by atoms with E-state index in [1.54, 1.807) is 36.7 Å². The van der Waals surface area contributed by atoms with Crippen molar-refractivity contribution in [3.63, 3.8) is 0 Å². The zero-order valence-corrected chi connectivity index (χ0v) is 13.7. The summed E-state index contributed by atoms with van der Waals surface area (Å²) in [6.07, 6.45) is 4.65. The van der Waals surface area contributed by atoms with Crippen LogP contribution in [0.25, 0.3) is 0 Å². The fourth-order valence-corrected chi connectivity index (χ4v) is 2.12. The Balaban J connectivity index is 1.52. The molecule has 0 saturated carbocycles. The van der Waals surface area contributed by atoms with Gasteiger partial charge < -0.3 is 14.8 Å². The number of hydrogen-bond acceptors (Lipinski definition) is 5. The van der Waals surface area contributed by atoms with E-state index in [9.17, 15) is 4.79 Å². The van der Waals surface area contributed by atoms with Gasteiger partial charge in [-0.25, -0.2) is 4.98 Å². The minimum absolute atomic E-state index is 0.0529. The van der Waals surface area contributed by atoms with Gasteiger partial charge in [0.2, 0.25) is 5.88 Å². The number of carbonyl (C=O) groups is 1. The Bertz CT molecular complexity index is 836. The number of anilines is 1. The normalized spacial score (nSPS) is 10.1. The summed E-state index contributed by atoms with van der Waals surface area (Å²) < 4.78 is 11.1. The predicted molar refractivity (Wildman–Crippen MR) is 93.9 cm³/mol. The monoisotopic (exact) mass is 335 g/mol. The molecule has 1 amide bonds. The van der Waals surface area contributed by atoms with Gasteiger partial charge in [0.25, 0.3) is 5.91 Å². The van der Waals surface area contributed by atoms with Gasteiger partial charge in [0.1, 0.15) is 11.5 Å². The van der Waals surface area contributed by atoms with Crippen molar-refractivity contribution in [2.45, 2.75) is 6.92 Å². The maximum atomic E-state index is 12.0. The highest BCUT2D eigenvalue weighted by Crippen LogP contribution is 2.21. The molecule has 0 saturated heterocycles. The lowest BCUT2D eigenvalue weighted by molar-refractivity contribution is -0.118. The number of nitrogens with zero attached hydrogens (tertiary/aromatic N) is 2. The van der Waals surface area contributed by atoms with Crippen molar-refractivity contribution in [2.24, 2.45) is 0 Å². The smallest absolute Gasteiger partial charge is 0.262 e. The SMILES string of the molecule is Cc1ccccc1OCC(=O)Nc1ccc(Oc2cnccn2)cc1. The van der Waals surface area contributed by atoms with Crippen LogP contribution in [0.1, 0.15) is 5.56 Å². The van der Waals surface area contributed by atoms with Crippen molar-refractivity contribution < 1.29 is 14.3 Å². The minimum Gasteiger partial charge on any atom is -0.483 e. The number of aryl methyl sites for hydroxylation is 1. The molecule has 3 aromatic rings. The van der Waals surface area contributed by atoms with Crippen molar-refractivity contribution in [2.75, 3.05) is 11.9 Å². The maximum Gasteiger partial charge on any atom is 0.262 e. The topological polar surface area (TPSA) is 73.3 Å². The van der Waals surface area contributed by atoms with Crippen LogP contribution in [-0.4, -0.2) is 22.5 Å². The molecule has 1 heterocycles. The van der Waals surface area contributed by atoms with Crippen molar-refractivity contribution in [3.05, 3.63) is 72.7 Å². The molecule has 6 nitrogen and oxygen atoms in total. The predicted octanol–water partition coefficient (Wildman–Crippen LogP) is 3.59. The summed E-state index contributed by atoms with van der Waals surface area (Å²) in [5.74, 6) is 1.48. The van der Waals surface area contributed by atoms with E-state index in [-0.39, 0.29) is 12.5 Å². The fourth-order valence-electron chi connectivity index (χ4n) is 2.12. The number of aromatic nitrogens is 2. The molecule has 0 aliphatic heterocycles. The Hall–Kier alpha value is -3.41. The third-order valence-corrected chi connectivity index (χ3v) is 3.35. The molecule has 0 aliphatic rings. The Labute approximate surface area is 145 Å². The minimum atomic E-state index is -0.231. The van der Waals surface area contributed by atoms with Gasteiger partial charge in [-0.3, -0.25) is 9.78 Å². The second-order valence-electron chi connectivity index (χ2n) is 5.27. The molecule has 126 valence electrons. The molecule has 0 fully saturated rings. The molecule has 2 aromatic carbocycles. The quantitative estimate of drug-likeness (QED) is 0.745. The van der Waals surface area contributed by atoms with Crippen molar-refractivity contribution >= 4 is 11.6 Å². The van der Waals surface area contributed by atoms with Crippen LogP contribution in [0.3, 0.4) is 0 Å². The van der Waals surface area contributed by atoms with Crippen LogP contribution in [0.5, 0.6) is 17.4 Å². The summed E-state index contributed by atoms with van der Waals surface area (Å²) in [5, 5.41) is 2.78. The number of rotatable bonds is 6. The zero-order valence-electron chi connectivity index (χ0n) is 13.7. The van der Waals surface area contributed by atoms with Crippen LogP contribution in [0, 0.1) is 6.92 Å². The molecule has 6 heteroatoms. The van der Waals surface area contributed by atoms with Gasteiger partial charge in [0, 0.05) is 18.1 Å². The Morgan fingerprint density at radius 2 is 1.88 bits per heavy atom. The van der Waals surface area contributed by atoms with Crippen molar-refractivity contribution in [1.82, 2.24) is 9.97 Å². The molecule has 0 unspecified atom stereocenters. The fraction of sp³-hybridized carbons (Fsp3) is 0.105. The number of hydrogen-bond donors (Lipinski definition) is 1. The van der Waals surface area contributed by atoms with Gasteiger partial charge in [-0.15, -0.1) is 0 Å². The third-order valence-electron chi connectivity index (χ3n) is 3.35. The van der Waals surface area contributed by atoms with E-state index >= 15 is 0 Å². The molecule has 0 spiro atoms. The molecule has 3 rings (SSSR count). The second kappa shape index (κ2) is 7.92. The first-order valence-corrected chi connectivity index (χ1v) is 7.73. The third kappa shape index (κ3) is 4.78. The molecular weight excluding hydrogens is 318 g/mol. The van der Waals surface area contributed by atoms with Crippen LogP contribution in [-0.2, 0) is 4.79 Å². The van der Waals surface area contributed by atoms with Crippen LogP contribution >= 0.6 is 0 Å². The van der Waals surface area contributed by atoms with Crippen LogP contribution in [0.4, 0.5) is 5.69 Å². The van der Waals surface area contributed by atoms with Crippen LogP contribution in [0.2, 0.25) is 0 Å². The van der Waals surface area contributed by atoms with E-state index in [2.05, 4.69) is 15.3 Å². The molecule has 1 aromatic heterocycles. The first-order chi connectivity index (χ1) is 12.2. The summed E-state index contributed by atoms with van der Waals surface area (Å²) in [6, 6.07) is 14.5. The first-order valence-electron chi connectivity index (χ1n) is 7.73.